The second-order valence-corrected chi connectivity index (χ2v) is 2.91. The van der Waals surface area contributed by atoms with Gasteiger partial charge in [-0.25, -0.2) is 4.39 Å². The largest absolute Gasteiger partial charge is 0.381 e. The summed E-state index contributed by atoms with van der Waals surface area (Å²) in [5, 5.41) is 8.89. The Bertz CT molecular complexity index is 358. The standard InChI is InChI=1S/C11H11FO/c1-8-7-10(4-3-9(2)13)5-6-11(8)12/h5-7,9,13H,1-2H3. The van der Waals surface area contributed by atoms with Gasteiger partial charge in [-0.3, -0.25) is 0 Å². The lowest BCUT2D eigenvalue weighted by molar-refractivity contribution is 0.253. The molecule has 68 valence electrons. The molecule has 1 atom stereocenters. The molecule has 0 radical (unpaired) electrons. The normalized spacial score (nSPS) is 11.7. The van der Waals surface area contributed by atoms with Crippen LogP contribution in [0.5, 0.6) is 0 Å². The van der Waals surface area contributed by atoms with Gasteiger partial charge in [0.25, 0.3) is 0 Å². The van der Waals surface area contributed by atoms with E-state index in [1.807, 2.05) is 0 Å². The molecule has 1 aromatic carbocycles. The first-order valence-electron chi connectivity index (χ1n) is 4.05. The van der Waals surface area contributed by atoms with E-state index in [0.29, 0.717) is 5.56 Å². The molecule has 1 N–H and O–H groups in total. The van der Waals surface area contributed by atoms with Crippen LogP contribution in [0.4, 0.5) is 4.39 Å². The Morgan fingerprint density at radius 3 is 2.69 bits per heavy atom. The summed E-state index contributed by atoms with van der Waals surface area (Å²) in [5.74, 6) is 5.10. The van der Waals surface area contributed by atoms with Crippen molar-refractivity contribution in [3.63, 3.8) is 0 Å². The van der Waals surface area contributed by atoms with Crippen LogP contribution in [0.2, 0.25) is 0 Å². The maximum absolute atomic E-state index is 12.8. The van der Waals surface area contributed by atoms with Gasteiger partial charge in [-0.05, 0) is 37.6 Å². The lowest BCUT2D eigenvalue weighted by Crippen LogP contribution is -1.93. The van der Waals surface area contributed by atoms with Crippen molar-refractivity contribution in [2.45, 2.75) is 20.0 Å². The van der Waals surface area contributed by atoms with E-state index in [-0.39, 0.29) is 5.82 Å². The topological polar surface area (TPSA) is 20.2 Å². The molecule has 0 aliphatic heterocycles. The molecule has 0 bridgehead atoms. The zero-order chi connectivity index (χ0) is 9.84. The highest BCUT2D eigenvalue weighted by molar-refractivity contribution is 5.37. The minimum atomic E-state index is -0.648. The summed E-state index contributed by atoms with van der Waals surface area (Å²) in [5.41, 5.74) is 1.29. The molecule has 0 saturated carbocycles. The van der Waals surface area contributed by atoms with Gasteiger partial charge < -0.3 is 5.11 Å². The van der Waals surface area contributed by atoms with E-state index < -0.39 is 6.10 Å². The first kappa shape index (κ1) is 9.76. The van der Waals surface area contributed by atoms with E-state index in [2.05, 4.69) is 11.8 Å². The van der Waals surface area contributed by atoms with Crippen LogP contribution in [0.3, 0.4) is 0 Å². The second-order valence-electron chi connectivity index (χ2n) is 2.91. The van der Waals surface area contributed by atoms with Crippen molar-refractivity contribution < 1.29 is 9.50 Å². The van der Waals surface area contributed by atoms with Crippen molar-refractivity contribution in [1.82, 2.24) is 0 Å². The van der Waals surface area contributed by atoms with Gasteiger partial charge in [0.2, 0.25) is 0 Å². The molecule has 0 aromatic heterocycles. The van der Waals surface area contributed by atoms with Crippen molar-refractivity contribution in [3.05, 3.63) is 35.1 Å². The third-order valence-electron chi connectivity index (χ3n) is 1.58. The Kier molecular flexibility index (Phi) is 3.05. The van der Waals surface area contributed by atoms with E-state index >= 15 is 0 Å². The molecule has 0 heterocycles. The summed E-state index contributed by atoms with van der Waals surface area (Å²) in [4.78, 5) is 0. The van der Waals surface area contributed by atoms with Gasteiger partial charge >= 0.3 is 0 Å². The number of aliphatic hydroxyl groups is 1. The molecule has 0 aliphatic carbocycles. The van der Waals surface area contributed by atoms with Crippen LogP contribution in [-0.4, -0.2) is 11.2 Å². The zero-order valence-corrected chi connectivity index (χ0v) is 7.63. The van der Waals surface area contributed by atoms with Gasteiger partial charge in [0.05, 0.1) is 0 Å². The molecular weight excluding hydrogens is 167 g/mol. The molecular formula is C11H11FO. The SMILES string of the molecule is Cc1cc(C#CC(C)O)ccc1F. The molecule has 0 fully saturated rings. The van der Waals surface area contributed by atoms with Crippen molar-refractivity contribution in [2.75, 3.05) is 0 Å². The molecule has 13 heavy (non-hydrogen) atoms. The third kappa shape index (κ3) is 2.89. The quantitative estimate of drug-likeness (QED) is 0.601. The molecule has 0 spiro atoms. The predicted octanol–water partition coefficient (Wildman–Crippen LogP) is 1.87. The van der Waals surface area contributed by atoms with Crippen molar-refractivity contribution in [2.24, 2.45) is 0 Å². The van der Waals surface area contributed by atoms with E-state index in [1.165, 1.54) is 6.07 Å². The van der Waals surface area contributed by atoms with Gasteiger partial charge in [0, 0.05) is 5.56 Å². The fraction of sp³-hybridized carbons (Fsp3) is 0.273. The molecule has 0 aliphatic rings. The molecule has 1 unspecified atom stereocenters. The molecule has 1 aromatic rings. The molecule has 1 rings (SSSR count). The highest BCUT2D eigenvalue weighted by Gasteiger charge is 1.95. The zero-order valence-electron chi connectivity index (χ0n) is 7.63. The average molecular weight is 178 g/mol. The van der Waals surface area contributed by atoms with Crippen molar-refractivity contribution in [1.29, 1.82) is 0 Å². The highest BCUT2D eigenvalue weighted by atomic mass is 19.1. The molecule has 0 amide bonds. The van der Waals surface area contributed by atoms with E-state index in [4.69, 9.17) is 5.11 Å². The van der Waals surface area contributed by atoms with Gasteiger partial charge in [-0.2, -0.15) is 0 Å². The van der Waals surface area contributed by atoms with Gasteiger partial charge in [-0.15, -0.1) is 0 Å². The van der Waals surface area contributed by atoms with E-state index in [9.17, 15) is 4.39 Å². The maximum Gasteiger partial charge on any atom is 0.126 e. The predicted molar refractivity (Wildman–Crippen MR) is 49.7 cm³/mol. The summed E-state index contributed by atoms with van der Waals surface area (Å²) >= 11 is 0. The smallest absolute Gasteiger partial charge is 0.126 e. The van der Waals surface area contributed by atoms with Crippen LogP contribution in [-0.2, 0) is 0 Å². The molecule has 0 saturated heterocycles. The fourth-order valence-electron chi connectivity index (χ4n) is 0.910. The summed E-state index contributed by atoms with van der Waals surface area (Å²) in [6.07, 6.45) is -0.648. The number of hydrogen-bond acceptors (Lipinski definition) is 1. The minimum absolute atomic E-state index is 0.234. The Balaban J connectivity index is 2.94. The number of benzene rings is 1. The molecule has 1 nitrogen and oxygen atoms in total. The van der Waals surface area contributed by atoms with Crippen LogP contribution in [0.25, 0.3) is 0 Å². The van der Waals surface area contributed by atoms with Crippen LogP contribution in [0, 0.1) is 24.6 Å². The minimum Gasteiger partial charge on any atom is -0.381 e. The Labute approximate surface area is 77.2 Å². The fourth-order valence-corrected chi connectivity index (χ4v) is 0.910. The number of aliphatic hydroxyl groups excluding tert-OH is 1. The second kappa shape index (κ2) is 4.06. The Hall–Kier alpha value is -1.33. The Morgan fingerprint density at radius 2 is 2.15 bits per heavy atom. The highest BCUT2D eigenvalue weighted by Crippen LogP contribution is 2.07. The van der Waals surface area contributed by atoms with Crippen molar-refractivity contribution in [3.8, 4) is 11.8 Å². The van der Waals surface area contributed by atoms with Crippen LogP contribution < -0.4 is 0 Å². The van der Waals surface area contributed by atoms with Crippen molar-refractivity contribution >= 4 is 0 Å². The van der Waals surface area contributed by atoms with E-state index in [0.717, 1.165) is 5.56 Å². The number of hydrogen-bond donors (Lipinski definition) is 1. The first-order valence-corrected chi connectivity index (χ1v) is 4.05. The number of rotatable bonds is 0. The van der Waals surface area contributed by atoms with E-state index in [1.54, 1.807) is 26.0 Å². The summed E-state index contributed by atoms with van der Waals surface area (Å²) < 4.78 is 12.8. The lowest BCUT2D eigenvalue weighted by Gasteiger charge is -1.96. The number of halogens is 1. The first-order chi connectivity index (χ1) is 6.09. The maximum atomic E-state index is 12.8. The van der Waals surface area contributed by atoms with Crippen LogP contribution in [0.15, 0.2) is 18.2 Å². The molecule has 2 heteroatoms. The number of aryl methyl sites for hydroxylation is 1. The summed E-state index contributed by atoms with van der Waals surface area (Å²) in [6, 6.07) is 4.63. The van der Waals surface area contributed by atoms with Crippen LogP contribution >= 0.6 is 0 Å². The van der Waals surface area contributed by atoms with Crippen LogP contribution in [0.1, 0.15) is 18.1 Å². The van der Waals surface area contributed by atoms with Gasteiger partial charge in [-0.1, -0.05) is 11.8 Å². The van der Waals surface area contributed by atoms with Gasteiger partial charge in [0.1, 0.15) is 11.9 Å². The summed E-state index contributed by atoms with van der Waals surface area (Å²) in [7, 11) is 0. The lowest BCUT2D eigenvalue weighted by atomic mass is 10.1. The monoisotopic (exact) mass is 178 g/mol. The third-order valence-corrected chi connectivity index (χ3v) is 1.58. The van der Waals surface area contributed by atoms with Gasteiger partial charge in [0.15, 0.2) is 0 Å². The average Bonchev–Trinajstić information content (AvgIpc) is 2.07. The summed E-state index contributed by atoms with van der Waals surface area (Å²) in [6.45, 7) is 3.27. The Morgan fingerprint density at radius 1 is 1.46 bits per heavy atom.